The van der Waals surface area contributed by atoms with Gasteiger partial charge in [-0.3, -0.25) is 4.90 Å². The van der Waals surface area contributed by atoms with Gasteiger partial charge in [0, 0.05) is 24.8 Å². The minimum Gasteiger partial charge on any atom is -0.368 e. The summed E-state index contributed by atoms with van der Waals surface area (Å²) in [6.45, 7) is 3.19. The van der Waals surface area contributed by atoms with Crippen LogP contribution < -0.4 is 5.32 Å². The summed E-state index contributed by atoms with van der Waals surface area (Å²) >= 11 is 3.49. The van der Waals surface area contributed by atoms with E-state index in [9.17, 15) is 0 Å². The van der Waals surface area contributed by atoms with Crippen molar-refractivity contribution < 1.29 is 0 Å². The average Bonchev–Trinajstić information content (AvgIpc) is 3.10. The van der Waals surface area contributed by atoms with Crippen molar-refractivity contribution in [2.75, 3.05) is 18.9 Å². The fraction of sp³-hybridized carbons (Fsp3) is 0.583. The summed E-state index contributed by atoms with van der Waals surface area (Å²) in [5.74, 6) is 0.929. The van der Waals surface area contributed by atoms with E-state index in [1.54, 1.807) is 0 Å². The Bertz CT molecular complexity index is 352. The average molecular weight is 284 g/mol. The van der Waals surface area contributed by atoms with Crippen molar-refractivity contribution in [3.63, 3.8) is 0 Å². The highest BCUT2D eigenvalue weighted by molar-refractivity contribution is 9.10. The van der Waals surface area contributed by atoms with E-state index in [2.05, 4.69) is 45.1 Å². The molecule has 16 heavy (non-hydrogen) atoms. The molecule has 3 nitrogen and oxygen atoms in total. The predicted octanol–water partition coefficient (Wildman–Crippen LogP) is 2.74. The molecule has 1 heterocycles. The van der Waals surface area contributed by atoms with E-state index in [-0.39, 0.29) is 0 Å². The Morgan fingerprint density at radius 3 is 3.00 bits per heavy atom. The molecular formula is C12H18BrN3. The lowest BCUT2D eigenvalue weighted by molar-refractivity contribution is 0.257. The lowest BCUT2D eigenvalue weighted by Gasteiger charge is -2.24. The van der Waals surface area contributed by atoms with Gasteiger partial charge in [0.2, 0.25) is 0 Å². The highest BCUT2D eigenvalue weighted by Gasteiger charge is 2.28. The third-order valence-corrected chi connectivity index (χ3v) is 3.78. The summed E-state index contributed by atoms with van der Waals surface area (Å²) in [7, 11) is 2.21. The smallest absolute Gasteiger partial charge is 0.140 e. The molecule has 1 aromatic heterocycles. The first-order valence-electron chi connectivity index (χ1n) is 5.75. The van der Waals surface area contributed by atoms with Crippen LogP contribution in [0.3, 0.4) is 0 Å². The Balaban J connectivity index is 1.84. The Hall–Kier alpha value is -0.610. The lowest BCUT2D eigenvalue weighted by Crippen LogP contribution is -2.36. The number of halogens is 1. The van der Waals surface area contributed by atoms with Crippen LogP contribution in [-0.4, -0.2) is 35.6 Å². The van der Waals surface area contributed by atoms with E-state index in [4.69, 9.17) is 0 Å². The molecule has 1 N–H and O–H groups in total. The van der Waals surface area contributed by atoms with Crippen LogP contribution in [-0.2, 0) is 0 Å². The van der Waals surface area contributed by atoms with Crippen LogP contribution in [0.1, 0.15) is 19.8 Å². The number of likely N-dealkylation sites (N-methyl/N-ethyl adjacent to an activating group) is 1. The van der Waals surface area contributed by atoms with Crippen molar-refractivity contribution >= 4 is 21.7 Å². The van der Waals surface area contributed by atoms with E-state index >= 15 is 0 Å². The van der Waals surface area contributed by atoms with Crippen LogP contribution >= 0.6 is 15.9 Å². The summed E-state index contributed by atoms with van der Waals surface area (Å²) in [5, 5.41) is 3.38. The Kier molecular flexibility index (Phi) is 3.82. The van der Waals surface area contributed by atoms with Gasteiger partial charge in [-0.2, -0.15) is 0 Å². The highest BCUT2D eigenvalue weighted by Crippen LogP contribution is 2.27. The van der Waals surface area contributed by atoms with E-state index < -0.39 is 0 Å². The Labute approximate surface area is 105 Å². The monoisotopic (exact) mass is 283 g/mol. The van der Waals surface area contributed by atoms with Gasteiger partial charge in [-0.15, -0.1) is 0 Å². The van der Waals surface area contributed by atoms with Crippen molar-refractivity contribution in [2.45, 2.75) is 31.8 Å². The van der Waals surface area contributed by atoms with Crippen LogP contribution in [0, 0.1) is 0 Å². The maximum Gasteiger partial charge on any atom is 0.140 e. The van der Waals surface area contributed by atoms with Crippen LogP contribution in [0.2, 0.25) is 0 Å². The summed E-state index contributed by atoms with van der Waals surface area (Å²) in [6.07, 6.45) is 4.52. The molecule has 1 atom stereocenters. The van der Waals surface area contributed by atoms with Gasteiger partial charge in [0.1, 0.15) is 5.82 Å². The van der Waals surface area contributed by atoms with Crippen molar-refractivity contribution in [1.82, 2.24) is 9.88 Å². The molecule has 1 saturated carbocycles. The number of nitrogens with zero attached hydrogens (tertiary/aromatic N) is 2. The van der Waals surface area contributed by atoms with E-state index in [1.165, 1.54) is 12.8 Å². The number of aromatic nitrogens is 1. The molecule has 0 radical (unpaired) electrons. The van der Waals surface area contributed by atoms with E-state index in [0.717, 1.165) is 22.9 Å². The van der Waals surface area contributed by atoms with Crippen LogP contribution in [0.5, 0.6) is 0 Å². The number of hydrogen-bond donors (Lipinski definition) is 1. The van der Waals surface area contributed by atoms with Crippen LogP contribution in [0.25, 0.3) is 0 Å². The first-order valence-corrected chi connectivity index (χ1v) is 6.54. The largest absolute Gasteiger partial charge is 0.368 e. The van der Waals surface area contributed by atoms with Gasteiger partial charge in [0.25, 0.3) is 0 Å². The summed E-state index contributed by atoms with van der Waals surface area (Å²) < 4.78 is 1.02. The molecule has 0 saturated heterocycles. The summed E-state index contributed by atoms with van der Waals surface area (Å²) in [6, 6.07) is 5.28. The molecule has 0 aromatic carbocycles. The third kappa shape index (κ3) is 2.95. The van der Waals surface area contributed by atoms with Gasteiger partial charge < -0.3 is 5.32 Å². The highest BCUT2D eigenvalue weighted by atomic mass is 79.9. The zero-order valence-corrected chi connectivity index (χ0v) is 11.4. The maximum atomic E-state index is 4.29. The molecule has 1 aromatic rings. The molecule has 1 unspecified atom stereocenters. The summed E-state index contributed by atoms with van der Waals surface area (Å²) in [5.41, 5.74) is 0. The normalized spacial score (nSPS) is 17.5. The Morgan fingerprint density at radius 2 is 2.38 bits per heavy atom. The molecule has 0 amide bonds. The SMILES string of the molecule is CC(CNc1ncccc1Br)N(C)C1CC1. The van der Waals surface area contributed by atoms with Crippen molar-refractivity contribution in [3.05, 3.63) is 22.8 Å². The fourth-order valence-corrected chi connectivity index (χ4v) is 2.14. The molecule has 1 fully saturated rings. The third-order valence-electron chi connectivity index (χ3n) is 3.14. The van der Waals surface area contributed by atoms with Gasteiger partial charge in [-0.05, 0) is 54.9 Å². The summed E-state index contributed by atoms with van der Waals surface area (Å²) in [4.78, 5) is 6.74. The molecule has 4 heteroatoms. The predicted molar refractivity (Wildman–Crippen MR) is 70.7 cm³/mol. The quantitative estimate of drug-likeness (QED) is 0.901. The lowest BCUT2D eigenvalue weighted by atomic mass is 10.3. The molecule has 1 aliphatic rings. The standard InChI is InChI=1S/C12H18BrN3/c1-9(16(2)10-5-6-10)8-15-12-11(13)4-3-7-14-12/h3-4,7,9-10H,5-6,8H2,1-2H3,(H,14,15). The first-order chi connectivity index (χ1) is 7.68. The minimum absolute atomic E-state index is 0.543. The zero-order chi connectivity index (χ0) is 11.5. The molecule has 2 rings (SSSR count). The zero-order valence-electron chi connectivity index (χ0n) is 9.78. The molecule has 0 aliphatic heterocycles. The molecular weight excluding hydrogens is 266 g/mol. The minimum atomic E-state index is 0.543. The van der Waals surface area contributed by atoms with Crippen molar-refractivity contribution in [3.8, 4) is 0 Å². The van der Waals surface area contributed by atoms with Gasteiger partial charge in [0.15, 0.2) is 0 Å². The molecule has 0 bridgehead atoms. The number of pyridine rings is 1. The molecule has 1 aliphatic carbocycles. The second-order valence-electron chi connectivity index (χ2n) is 4.46. The van der Waals surface area contributed by atoms with Gasteiger partial charge in [0.05, 0.1) is 4.47 Å². The van der Waals surface area contributed by atoms with Crippen LogP contribution in [0.4, 0.5) is 5.82 Å². The van der Waals surface area contributed by atoms with Crippen LogP contribution in [0.15, 0.2) is 22.8 Å². The first kappa shape index (κ1) is 11.9. The Morgan fingerprint density at radius 1 is 1.62 bits per heavy atom. The fourth-order valence-electron chi connectivity index (χ4n) is 1.75. The second kappa shape index (κ2) is 5.15. The van der Waals surface area contributed by atoms with E-state index in [0.29, 0.717) is 6.04 Å². The number of hydrogen-bond acceptors (Lipinski definition) is 3. The topological polar surface area (TPSA) is 28.2 Å². The van der Waals surface area contributed by atoms with Gasteiger partial charge in [-0.25, -0.2) is 4.98 Å². The number of nitrogens with one attached hydrogen (secondary N) is 1. The second-order valence-corrected chi connectivity index (χ2v) is 5.31. The van der Waals surface area contributed by atoms with Gasteiger partial charge in [-0.1, -0.05) is 0 Å². The number of rotatable bonds is 5. The molecule has 88 valence electrons. The van der Waals surface area contributed by atoms with Gasteiger partial charge >= 0.3 is 0 Å². The number of anilines is 1. The van der Waals surface area contributed by atoms with Crippen molar-refractivity contribution in [1.29, 1.82) is 0 Å². The maximum absolute atomic E-state index is 4.29. The van der Waals surface area contributed by atoms with Crippen molar-refractivity contribution in [2.24, 2.45) is 0 Å². The van der Waals surface area contributed by atoms with E-state index in [1.807, 2.05) is 18.3 Å². The molecule has 0 spiro atoms.